The van der Waals surface area contributed by atoms with E-state index in [1.54, 1.807) is 0 Å². The molecule has 0 amide bonds. The Morgan fingerprint density at radius 1 is 1.50 bits per heavy atom. The molecule has 88 valence electrons. The molecule has 1 aromatic carbocycles. The van der Waals surface area contributed by atoms with E-state index in [1.165, 1.54) is 0 Å². The Kier molecular flexibility index (Phi) is 4.00. The van der Waals surface area contributed by atoms with Gasteiger partial charge in [-0.25, -0.2) is 0 Å². The van der Waals surface area contributed by atoms with E-state index in [9.17, 15) is 5.11 Å². The van der Waals surface area contributed by atoms with E-state index in [1.807, 2.05) is 25.1 Å². The predicted octanol–water partition coefficient (Wildman–Crippen LogP) is 3.22. The summed E-state index contributed by atoms with van der Waals surface area (Å²) in [6.45, 7) is 3.54. The van der Waals surface area contributed by atoms with Crippen LogP contribution in [0.15, 0.2) is 22.7 Å². The van der Waals surface area contributed by atoms with Crippen molar-refractivity contribution in [3.8, 4) is 0 Å². The van der Waals surface area contributed by atoms with Gasteiger partial charge >= 0.3 is 0 Å². The highest BCUT2D eigenvalue weighted by molar-refractivity contribution is 9.10. The lowest BCUT2D eigenvalue weighted by molar-refractivity contribution is -0.0102. The average Bonchev–Trinajstić information content (AvgIpc) is 2.33. The number of rotatable bonds is 2. The molecule has 1 aliphatic rings. The third-order valence-electron chi connectivity index (χ3n) is 3.27. The quantitative estimate of drug-likeness (QED) is 0.904. The maximum atomic E-state index is 10.3. The van der Waals surface area contributed by atoms with Gasteiger partial charge in [0.2, 0.25) is 0 Å². The number of hydrogen-bond donors (Lipinski definition) is 1. The summed E-state index contributed by atoms with van der Waals surface area (Å²) in [6, 6.07) is 5.97. The summed E-state index contributed by atoms with van der Waals surface area (Å²) in [5.74, 6) is 0.238. The van der Waals surface area contributed by atoms with Crippen LogP contribution in [0.3, 0.4) is 0 Å². The summed E-state index contributed by atoms with van der Waals surface area (Å²) in [4.78, 5) is 0. The van der Waals surface area contributed by atoms with Crippen LogP contribution in [-0.2, 0) is 4.74 Å². The van der Waals surface area contributed by atoms with Crippen molar-refractivity contribution in [2.24, 2.45) is 5.92 Å². The fraction of sp³-hybridized carbons (Fsp3) is 0.538. The van der Waals surface area contributed by atoms with Gasteiger partial charge in [-0.2, -0.15) is 0 Å². The maximum Gasteiger partial charge on any atom is 0.0843 e. The molecule has 0 bridgehead atoms. The molecule has 3 heteroatoms. The Balaban J connectivity index is 2.19. The van der Waals surface area contributed by atoms with Gasteiger partial charge in [0.15, 0.2) is 0 Å². The number of benzene rings is 1. The SMILES string of the molecule is Cc1c(Br)cccc1C(O)C1CCCOC1. The fourth-order valence-electron chi connectivity index (χ4n) is 2.21. The molecule has 1 fully saturated rings. The van der Waals surface area contributed by atoms with Crippen molar-refractivity contribution in [3.05, 3.63) is 33.8 Å². The van der Waals surface area contributed by atoms with Crippen LogP contribution in [0.1, 0.15) is 30.1 Å². The maximum absolute atomic E-state index is 10.3. The highest BCUT2D eigenvalue weighted by atomic mass is 79.9. The monoisotopic (exact) mass is 284 g/mol. The number of aliphatic hydroxyl groups excluding tert-OH is 1. The highest BCUT2D eigenvalue weighted by Gasteiger charge is 2.25. The molecule has 0 radical (unpaired) electrons. The van der Waals surface area contributed by atoms with Crippen molar-refractivity contribution in [2.75, 3.05) is 13.2 Å². The van der Waals surface area contributed by atoms with E-state index >= 15 is 0 Å². The minimum absolute atomic E-state index is 0.238. The summed E-state index contributed by atoms with van der Waals surface area (Å²) in [5, 5.41) is 10.3. The lowest BCUT2D eigenvalue weighted by atomic mass is 9.89. The zero-order chi connectivity index (χ0) is 11.5. The Bertz CT molecular complexity index is 359. The third-order valence-corrected chi connectivity index (χ3v) is 4.13. The Morgan fingerprint density at radius 3 is 3.00 bits per heavy atom. The van der Waals surface area contributed by atoms with Crippen LogP contribution in [0.2, 0.25) is 0 Å². The molecule has 16 heavy (non-hydrogen) atoms. The lowest BCUT2D eigenvalue weighted by Crippen LogP contribution is -2.24. The molecular weight excluding hydrogens is 268 g/mol. The van der Waals surface area contributed by atoms with Crippen molar-refractivity contribution >= 4 is 15.9 Å². The fourth-order valence-corrected chi connectivity index (χ4v) is 2.59. The number of hydrogen-bond acceptors (Lipinski definition) is 2. The molecular formula is C13H17BrO2. The molecule has 1 heterocycles. The van der Waals surface area contributed by atoms with Gasteiger partial charge in [-0.3, -0.25) is 0 Å². The van der Waals surface area contributed by atoms with E-state index in [-0.39, 0.29) is 5.92 Å². The molecule has 2 rings (SSSR count). The summed E-state index contributed by atoms with van der Waals surface area (Å²) in [5.41, 5.74) is 2.14. The van der Waals surface area contributed by atoms with Crippen LogP contribution >= 0.6 is 15.9 Å². The third kappa shape index (κ3) is 2.47. The topological polar surface area (TPSA) is 29.5 Å². The van der Waals surface area contributed by atoms with Crippen LogP contribution in [0.5, 0.6) is 0 Å². The second-order valence-electron chi connectivity index (χ2n) is 4.38. The van der Waals surface area contributed by atoms with Gasteiger partial charge in [0.05, 0.1) is 12.7 Å². The molecule has 1 N–H and O–H groups in total. The van der Waals surface area contributed by atoms with Crippen molar-refractivity contribution in [1.82, 2.24) is 0 Å². The molecule has 2 unspecified atom stereocenters. The first-order valence-corrected chi connectivity index (χ1v) is 6.50. The number of halogens is 1. The largest absolute Gasteiger partial charge is 0.388 e. The molecule has 0 aliphatic carbocycles. The number of aliphatic hydroxyl groups is 1. The lowest BCUT2D eigenvalue weighted by Gasteiger charge is -2.28. The van der Waals surface area contributed by atoms with Gasteiger partial charge in [-0.15, -0.1) is 0 Å². The first kappa shape index (κ1) is 12.1. The minimum Gasteiger partial charge on any atom is -0.388 e. The van der Waals surface area contributed by atoms with Gasteiger partial charge in [0.25, 0.3) is 0 Å². The second kappa shape index (κ2) is 5.30. The molecule has 1 aromatic rings. The Labute approximate surface area is 105 Å². The van der Waals surface area contributed by atoms with Crippen LogP contribution < -0.4 is 0 Å². The smallest absolute Gasteiger partial charge is 0.0843 e. The van der Waals surface area contributed by atoms with Gasteiger partial charge in [-0.05, 0) is 37.0 Å². The first-order valence-electron chi connectivity index (χ1n) is 5.71. The van der Waals surface area contributed by atoms with E-state index in [4.69, 9.17) is 4.74 Å². The summed E-state index contributed by atoms with van der Waals surface area (Å²) in [7, 11) is 0. The summed E-state index contributed by atoms with van der Waals surface area (Å²) < 4.78 is 6.48. The average molecular weight is 285 g/mol. The van der Waals surface area contributed by atoms with E-state index < -0.39 is 6.10 Å². The van der Waals surface area contributed by atoms with Crippen LogP contribution in [-0.4, -0.2) is 18.3 Å². The van der Waals surface area contributed by atoms with Crippen LogP contribution in [0, 0.1) is 12.8 Å². The normalized spacial score (nSPS) is 23.1. The molecule has 2 nitrogen and oxygen atoms in total. The number of ether oxygens (including phenoxy) is 1. The molecule has 0 aromatic heterocycles. The molecule has 0 saturated carbocycles. The van der Waals surface area contributed by atoms with E-state index in [2.05, 4.69) is 15.9 Å². The standard InChI is InChI=1S/C13H17BrO2/c1-9-11(5-2-6-12(9)14)13(15)10-4-3-7-16-8-10/h2,5-6,10,13,15H,3-4,7-8H2,1H3. The van der Waals surface area contributed by atoms with Crippen LogP contribution in [0.4, 0.5) is 0 Å². The van der Waals surface area contributed by atoms with Gasteiger partial charge in [0, 0.05) is 17.0 Å². The second-order valence-corrected chi connectivity index (χ2v) is 5.23. The Hall–Kier alpha value is -0.380. The van der Waals surface area contributed by atoms with Crippen LogP contribution in [0.25, 0.3) is 0 Å². The van der Waals surface area contributed by atoms with E-state index in [0.717, 1.165) is 35.0 Å². The minimum atomic E-state index is -0.405. The Morgan fingerprint density at radius 2 is 2.31 bits per heavy atom. The summed E-state index contributed by atoms with van der Waals surface area (Å²) in [6.07, 6.45) is 1.69. The molecule has 1 aliphatic heterocycles. The van der Waals surface area contributed by atoms with Gasteiger partial charge in [0.1, 0.15) is 0 Å². The molecule has 1 saturated heterocycles. The van der Waals surface area contributed by atoms with Crippen molar-refractivity contribution in [2.45, 2.75) is 25.9 Å². The zero-order valence-electron chi connectivity index (χ0n) is 9.45. The van der Waals surface area contributed by atoms with Crippen molar-refractivity contribution < 1.29 is 9.84 Å². The summed E-state index contributed by atoms with van der Waals surface area (Å²) >= 11 is 3.50. The van der Waals surface area contributed by atoms with Gasteiger partial charge < -0.3 is 9.84 Å². The van der Waals surface area contributed by atoms with Crippen molar-refractivity contribution in [3.63, 3.8) is 0 Å². The predicted molar refractivity (Wildman–Crippen MR) is 67.4 cm³/mol. The van der Waals surface area contributed by atoms with E-state index in [0.29, 0.717) is 6.61 Å². The first-order chi connectivity index (χ1) is 7.70. The molecule has 0 spiro atoms. The molecule has 2 atom stereocenters. The van der Waals surface area contributed by atoms with Crippen molar-refractivity contribution in [1.29, 1.82) is 0 Å². The van der Waals surface area contributed by atoms with Gasteiger partial charge in [-0.1, -0.05) is 28.1 Å². The zero-order valence-corrected chi connectivity index (χ0v) is 11.0. The highest BCUT2D eigenvalue weighted by Crippen LogP contribution is 2.32.